The maximum Gasteiger partial charge on any atom is 0.252 e. The van der Waals surface area contributed by atoms with Gasteiger partial charge < -0.3 is 5.11 Å². The van der Waals surface area contributed by atoms with Gasteiger partial charge in [-0.1, -0.05) is 11.6 Å². The molecule has 1 N–H and O–H groups in total. The Labute approximate surface area is 115 Å². The number of halogens is 1. The van der Waals surface area contributed by atoms with E-state index in [9.17, 15) is 13.5 Å². The average molecular weight is 308 g/mol. The Balaban J connectivity index is 1.84. The Morgan fingerprint density at radius 2 is 2.11 bits per heavy atom. The minimum Gasteiger partial charge on any atom is -0.393 e. The number of rotatable bonds is 2. The zero-order chi connectivity index (χ0) is 12.9. The second-order valence-corrected chi connectivity index (χ2v) is 8.83. The van der Waals surface area contributed by atoms with Crippen LogP contribution in [0.1, 0.15) is 12.8 Å². The van der Waals surface area contributed by atoms with Crippen molar-refractivity contribution in [2.75, 3.05) is 13.1 Å². The molecule has 3 unspecified atom stereocenters. The van der Waals surface area contributed by atoms with E-state index in [2.05, 4.69) is 0 Å². The highest BCUT2D eigenvalue weighted by Crippen LogP contribution is 2.41. The van der Waals surface area contributed by atoms with Crippen LogP contribution in [0.4, 0.5) is 0 Å². The molecule has 2 heterocycles. The minimum atomic E-state index is -3.43. The lowest BCUT2D eigenvalue weighted by molar-refractivity contribution is 0.129. The van der Waals surface area contributed by atoms with Crippen LogP contribution in [-0.2, 0) is 10.0 Å². The third-order valence-corrected chi connectivity index (χ3v) is 7.46. The molecule has 1 aromatic rings. The predicted octanol–water partition coefficient (Wildman–Crippen LogP) is 1.79. The maximum atomic E-state index is 12.4. The number of aliphatic hydroxyl groups excluding tert-OH is 1. The number of thiophene rings is 1. The average Bonchev–Trinajstić information content (AvgIpc) is 2.96. The summed E-state index contributed by atoms with van der Waals surface area (Å²) in [5.74, 6) is 0.417. The van der Waals surface area contributed by atoms with Gasteiger partial charge in [-0.15, -0.1) is 11.3 Å². The van der Waals surface area contributed by atoms with Crippen molar-refractivity contribution in [2.45, 2.75) is 23.2 Å². The summed E-state index contributed by atoms with van der Waals surface area (Å²) in [6.07, 6.45) is 1.37. The fourth-order valence-electron chi connectivity index (χ4n) is 2.96. The van der Waals surface area contributed by atoms with Gasteiger partial charge in [-0.25, -0.2) is 8.42 Å². The standard InChI is InChI=1S/C11H14ClNO3S2/c12-10-3-4-11(17-10)18(15,16)13-5-7-1-2-9(14)8(7)6-13/h3-4,7-9,14H,1-2,5-6H2. The van der Waals surface area contributed by atoms with Crippen molar-refractivity contribution in [2.24, 2.45) is 11.8 Å². The number of nitrogens with zero attached hydrogens (tertiary/aromatic N) is 1. The zero-order valence-electron chi connectivity index (χ0n) is 9.62. The van der Waals surface area contributed by atoms with E-state index in [-0.39, 0.29) is 12.0 Å². The first-order valence-electron chi connectivity index (χ1n) is 5.92. The van der Waals surface area contributed by atoms with E-state index in [1.807, 2.05) is 0 Å². The lowest BCUT2D eigenvalue weighted by Gasteiger charge is -2.17. The third kappa shape index (κ3) is 2.00. The summed E-state index contributed by atoms with van der Waals surface area (Å²) >= 11 is 6.87. The molecule has 3 rings (SSSR count). The van der Waals surface area contributed by atoms with Gasteiger partial charge in [-0.05, 0) is 30.9 Å². The minimum absolute atomic E-state index is 0.107. The molecule has 7 heteroatoms. The quantitative estimate of drug-likeness (QED) is 0.906. The van der Waals surface area contributed by atoms with Crippen molar-refractivity contribution in [3.05, 3.63) is 16.5 Å². The fourth-order valence-corrected chi connectivity index (χ4v) is 6.13. The molecule has 0 aromatic carbocycles. The number of sulfonamides is 1. The molecule has 1 aliphatic carbocycles. The summed E-state index contributed by atoms with van der Waals surface area (Å²) in [5, 5.41) is 9.82. The lowest BCUT2D eigenvalue weighted by Crippen LogP contribution is -2.30. The van der Waals surface area contributed by atoms with Gasteiger partial charge >= 0.3 is 0 Å². The molecule has 1 aliphatic heterocycles. The van der Waals surface area contributed by atoms with Gasteiger partial charge in [0.2, 0.25) is 0 Å². The van der Waals surface area contributed by atoms with Crippen LogP contribution in [0.2, 0.25) is 4.34 Å². The molecule has 4 nitrogen and oxygen atoms in total. The van der Waals surface area contributed by atoms with E-state index in [1.165, 1.54) is 4.31 Å². The van der Waals surface area contributed by atoms with Crippen LogP contribution in [0.15, 0.2) is 16.3 Å². The van der Waals surface area contributed by atoms with Crippen molar-refractivity contribution in [1.82, 2.24) is 4.31 Å². The number of hydrogen-bond acceptors (Lipinski definition) is 4. The van der Waals surface area contributed by atoms with Crippen LogP contribution < -0.4 is 0 Å². The first-order valence-corrected chi connectivity index (χ1v) is 8.55. The molecule has 3 atom stereocenters. The van der Waals surface area contributed by atoms with Crippen molar-refractivity contribution >= 4 is 33.0 Å². The summed E-state index contributed by atoms with van der Waals surface area (Å²) in [4.78, 5) is 0. The Morgan fingerprint density at radius 1 is 1.33 bits per heavy atom. The van der Waals surface area contributed by atoms with Gasteiger partial charge in [0.1, 0.15) is 4.21 Å². The first-order chi connectivity index (χ1) is 8.48. The van der Waals surface area contributed by atoms with Gasteiger partial charge in [0.15, 0.2) is 0 Å². The molecule has 0 radical (unpaired) electrons. The van der Waals surface area contributed by atoms with Crippen LogP contribution in [0.3, 0.4) is 0 Å². The molecule has 100 valence electrons. The van der Waals surface area contributed by atoms with Crippen LogP contribution in [-0.4, -0.2) is 37.0 Å². The number of aliphatic hydroxyl groups is 1. The van der Waals surface area contributed by atoms with E-state index in [1.54, 1.807) is 12.1 Å². The molecule has 1 saturated carbocycles. The highest BCUT2D eigenvalue weighted by molar-refractivity contribution is 7.91. The van der Waals surface area contributed by atoms with E-state index in [4.69, 9.17) is 11.6 Å². The third-order valence-electron chi connectivity index (χ3n) is 3.93. The SMILES string of the molecule is O=S(=O)(c1ccc(Cl)s1)N1CC2CCC(O)C2C1. The van der Waals surface area contributed by atoms with E-state index in [0.717, 1.165) is 24.2 Å². The van der Waals surface area contributed by atoms with Crippen LogP contribution in [0.5, 0.6) is 0 Å². The van der Waals surface area contributed by atoms with Crippen LogP contribution >= 0.6 is 22.9 Å². The smallest absolute Gasteiger partial charge is 0.252 e. The monoisotopic (exact) mass is 307 g/mol. The number of fused-ring (bicyclic) bond motifs is 1. The molecule has 0 bridgehead atoms. The van der Waals surface area contributed by atoms with Crippen molar-refractivity contribution < 1.29 is 13.5 Å². The predicted molar refractivity (Wildman–Crippen MR) is 70.3 cm³/mol. The molecule has 0 amide bonds. The second-order valence-electron chi connectivity index (χ2n) is 4.95. The maximum absolute atomic E-state index is 12.4. The van der Waals surface area contributed by atoms with Crippen molar-refractivity contribution in [3.8, 4) is 0 Å². The molecular formula is C11H14ClNO3S2. The summed E-state index contributed by atoms with van der Waals surface area (Å²) < 4.78 is 27.0. The normalized spacial score (nSPS) is 32.9. The Hall–Kier alpha value is -0.140. The number of hydrogen-bond donors (Lipinski definition) is 1. The van der Waals surface area contributed by atoms with Crippen molar-refractivity contribution in [1.29, 1.82) is 0 Å². The molecule has 2 fully saturated rings. The van der Waals surface area contributed by atoms with E-state index < -0.39 is 10.0 Å². The Kier molecular flexibility index (Phi) is 3.18. The summed E-state index contributed by atoms with van der Waals surface area (Å²) in [6.45, 7) is 0.962. The molecule has 1 saturated heterocycles. The van der Waals surface area contributed by atoms with Crippen LogP contribution in [0, 0.1) is 11.8 Å². The molecule has 2 aliphatic rings. The van der Waals surface area contributed by atoms with Gasteiger partial charge in [-0.3, -0.25) is 0 Å². The fraction of sp³-hybridized carbons (Fsp3) is 0.636. The molecule has 1 aromatic heterocycles. The summed E-state index contributed by atoms with van der Waals surface area (Å²) in [7, 11) is -3.43. The Morgan fingerprint density at radius 3 is 2.72 bits per heavy atom. The van der Waals surface area contributed by atoms with Gasteiger partial charge in [0.05, 0.1) is 10.4 Å². The van der Waals surface area contributed by atoms with Gasteiger partial charge in [-0.2, -0.15) is 4.31 Å². The Bertz CT molecular complexity index is 556. The molecule has 18 heavy (non-hydrogen) atoms. The van der Waals surface area contributed by atoms with Crippen LogP contribution in [0.25, 0.3) is 0 Å². The van der Waals surface area contributed by atoms with Gasteiger partial charge in [0, 0.05) is 19.0 Å². The van der Waals surface area contributed by atoms with E-state index in [0.29, 0.717) is 27.6 Å². The topological polar surface area (TPSA) is 57.6 Å². The highest BCUT2D eigenvalue weighted by atomic mass is 35.5. The second kappa shape index (κ2) is 4.45. The zero-order valence-corrected chi connectivity index (χ0v) is 12.0. The molecule has 0 spiro atoms. The summed E-state index contributed by atoms with van der Waals surface area (Å²) in [5.41, 5.74) is 0. The first kappa shape index (κ1) is 12.9. The van der Waals surface area contributed by atoms with Gasteiger partial charge in [0.25, 0.3) is 10.0 Å². The van der Waals surface area contributed by atoms with Crippen molar-refractivity contribution in [3.63, 3.8) is 0 Å². The largest absolute Gasteiger partial charge is 0.393 e. The summed E-state index contributed by atoms with van der Waals surface area (Å²) in [6, 6.07) is 3.15. The van der Waals surface area contributed by atoms with E-state index >= 15 is 0 Å². The molecular weight excluding hydrogens is 294 g/mol. The lowest BCUT2D eigenvalue weighted by atomic mass is 10.00. The highest BCUT2D eigenvalue weighted by Gasteiger charge is 2.45.